The van der Waals surface area contributed by atoms with E-state index in [4.69, 9.17) is 10.00 Å². The van der Waals surface area contributed by atoms with E-state index in [0.29, 0.717) is 30.0 Å². The van der Waals surface area contributed by atoms with Crippen LogP contribution in [0.5, 0.6) is 5.75 Å². The van der Waals surface area contributed by atoms with Gasteiger partial charge in [0, 0.05) is 6.54 Å². The summed E-state index contributed by atoms with van der Waals surface area (Å²) in [6, 6.07) is 6.98. The molecule has 0 aliphatic heterocycles. The van der Waals surface area contributed by atoms with Crippen LogP contribution >= 0.6 is 0 Å². The Balaban J connectivity index is 3.14. The van der Waals surface area contributed by atoms with E-state index in [0.717, 1.165) is 0 Å². The van der Waals surface area contributed by atoms with E-state index in [1.165, 1.54) is 0 Å². The molecule has 0 spiro atoms. The number of carbonyl (C=O) groups excluding carboxylic acids is 1. The van der Waals surface area contributed by atoms with Gasteiger partial charge in [0.2, 0.25) is 0 Å². The average Bonchev–Trinajstić information content (AvgIpc) is 2.21. The zero-order valence-electron chi connectivity index (χ0n) is 7.78. The van der Waals surface area contributed by atoms with Crippen LogP contribution in [0.2, 0.25) is 0 Å². The molecule has 0 saturated heterocycles. The summed E-state index contributed by atoms with van der Waals surface area (Å²) in [5, 5.41) is 11.8. The summed E-state index contributed by atoms with van der Waals surface area (Å²) >= 11 is 0. The summed E-state index contributed by atoms with van der Waals surface area (Å²) in [7, 11) is 0. The lowest BCUT2D eigenvalue weighted by molar-refractivity contribution is -0.120. The number of ether oxygens (including phenoxy) is 1. The van der Waals surface area contributed by atoms with Gasteiger partial charge >= 0.3 is 0 Å². The van der Waals surface area contributed by atoms with Gasteiger partial charge in [-0.25, -0.2) is 0 Å². The van der Waals surface area contributed by atoms with Gasteiger partial charge in [-0.2, -0.15) is 5.26 Å². The van der Waals surface area contributed by atoms with Crippen LogP contribution in [0, 0.1) is 11.3 Å². The van der Waals surface area contributed by atoms with E-state index in [-0.39, 0.29) is 0 Å². The lowest BCUT2D eigenvalue weighted by Crippen LogP contribution is -2.02. The predicted octanol–water partition coefficient (Wildman–Crippen LogP) is 1.53. The molecule has 0 aromatic heterocycles. The van der Waals surface area contributed by atoms with Gasteiger partial charge in [-0.05, 0) is 19.1 Å². The molecule has 1 N–H and O–H groups in total. The minimum atomic E-state index is 0.345. The van der Waals surface area contributed by atoms with Crippen molar-refractivity contribution in [3.05, 3.63) is 23.8 Å². The van der Waals surface area contributed by atoms with Gasteiger partial charge < -0.3 is 10.1 Å². The maximum Gasteiger partial charge on any atom is 0.298 e. The van der Waals surface area contributed by atoms with Crippen molar-refractivity contribution in [3.63, 3.8) is 0 Å². The Kier molecular flexibility index (Phi) is 3.50. The number of nitriles is 1. The van der Waals surface area contributed by atoms with Crippen LogP contribution in [0.3, 0.4) is 0 Å². The van der Waals surface area contributed by atoms with Crippen LogP contribution in [-0.2, 0) is 4.79 Å². The molecular formula is C10H10N2O2. The van der Waals surface area contributed by atoms with Crippen molar-refractivity contribution in [2.45, 2.75) is 6.92 Å². The second kappa shape index (κ2) is 4.87. The summed E-state index contributed by atoms with van der Waals surface area (Å²) in [6.07, 6.45) is 0. The molecule has 0 aliphatic rings. The lowest BCUT2D eigenvalue weighted by Gasteiger charge is -2.09. The molecule has 72 valence electrons. The molecule has 14 heavy (non-hydrogen) atoms. The summed E-state index contributed by atoms with van der Waals surface area (Å²) in [5.41, 5.74) is 1.02. The zero-order chi connectivity index (χ0) is 10.4. The van der Waals surface area contributed by atoms with Crippen molar-refractivity contribution in [2.24, 2.45) is 0 Å². The molecule has 0 heterocycles. The molecular weight excluding hydrogens is 180 g/mol. The molecule has 0 unspecified atom stereocenters. The van der Waals surface area contributed by atoms with E-state index >= 15 is 0 Å². The normalized spacial score (nSPS) is 8.86. The van der Waals surface area contributed by atoms with Crippen LogP contribution in [-0.4, -0.2) is 13.0 Å². The fourth-order valence-electron chi connectivity index (χ4n) is 1.13. The topological polar surface area (TPSA) is 62.1 Å². The first kappa shape index (κ1) is 10.1. The highest BCUT2D eigenvalue weighted by Gasteiger charge is 2.07. The molecule has 0 fully saturated rings. The lowest BCUT2D eigenvalue weighted by atomic mass is 10.2. The van der Waals surface area contributed by atoms with E-state index in [2.05, 4.69) is 5.32 Å². The SMILES string of the molecule is CCNc1c(C#N)cccc1OC=O. The summed E-state index contributed by atoms with van der Waals surface area (Å²) in [6.45, 7) is 2.91. The smallest absolute Gasteiger partial charge is 0.298 e. The standard InChI is InChI=1S/C10H10N2O2/c1-2-12-10-8(6-11)4-3-5-9(10)14-7-13/h3-5,7,12H,2H2,1H3. The molecule has 0 aliphatic carbocycles. The van der Waals surface area contributed by atoms with Crippen molar-refractivity contribution >= 4 is 12.2 Å². The monoisotopic (exact) mass is 190 g/mol. The van der Waals surface area contributed by atoms with E-state index in [1.54, 1.807) is 18.2 Å². The Morgan fingerprint density at radius 2 is 2.43 bits per heavy atom. The minimum absolute atomic E-state index is 0.345. The third kappa shape index (κ3) is 2.02. The molecule has 0 amide bonds. The Morgan fingerprint density at radius 1 is 1.64 bits per heavy atom. The van der Waals surface area contributed by atoms with Gasteiger partial charge in [0.05, 0.1) is 11.3 Å². The first-order valence-electron chi connectivity index (χ1n) is 4.20. The number of hydrogen-bond acceptors (Lipinski definition) is 4. The second-order valence-electron chi connectivity index (χ2n) is 2.53. The number of para-hydroxylation sites is 1. The van der Waals surface area contributed by atoms with Gasteiger partial charge in [-0.15, -0.1) is 0 Å². The first-order chi connectivity index (χ1) is 6.83. The van der Waals surface area contributed by atoms with Crippen LogP contribution in [0.15, 0.2) is 18.2 Å². The second-order valence-corrected chi connectivity index (χ2v) is 2.53. The van der Waals surface area contributed by atoms with E-state index < -0.39 is 0 Å². The van der Waals surface area contributed by atoms with Gasteiger partial charge in [0.1, 0.15) is 6.07 Å². The van der Waals surface area contributed by atoms with Crippen LogP contribution in [0.25, 0.3) is 0 Å². The van der Waals surface area contributed by atoms with Gasteiger partial charge in [0.15, 0.2) is 5.75 Å². The highest BCUT2D eigenvalue weighted by Crippen LogP contribution is 2.27. The highest BCUT2D eigenvalue weighted by molar-refractivity contribution is 5.68. The molecule has 0 saturated carbocycles. The summed E-state index contributed by atoms with van der Waals surface area (Å²) in [4.78, 5) is 10.2. The summed E-state index contributed by atoms with van der Waals surface area (Å²) < 4.78 is 4.74. The Hall–Kier alpha value is -2.02. The number of anilines is 1. The number of nitrogens with one attached hydrogen (secondary N) is 1. The van der Waals surface area contributed by atoms with Crippen molar-refractivity contribution < 1.29 is 9.53 Å². The predicted molar refractivity (Wildman–Crippen MR) is 52.0 cm³/mol. The van der Waals surface area contributed by atoms with Crippen molar-refractivity contribution in [2.75, 3.05) is 11.9 Å². The number of rotatable bonds is 4. The molecule has 4 heteroatoms. The number of nitrogens with zero attached hydrogens (tertiary/aromatic N) is 1. The maximum atomic E-state index is 10.2. The van der Waals surface area contributed by atoms with Crippen molar-refractivity contribution in [3.8, 4) is 11.8 Å². The van der Waals surface area contributed by atoms with Gasteiger partial charge in [-0.1, -0.05) is 6.07 Å². The number of benzene rings is 1. The van der Waals surface area contributed by atoms with Crippen molar-refractivity contribution in [1.82, 2.24) is 0 Å². The minimum Gasteiger partial charge on any atom is -0.426 e. The fraction of sp³-hybridized carbons (Fsp3) is 0.200. The third-order valence-corrected chi connectivity index (χ3v) is 1.68. The Bertz CT molecular complexity index is 369. The molecule has 1 rings (SSSR count). The molecule has 1 aromatic carbocycles. The van der Waals surface area contributed by atoms with Crippen LogP contribution < -0.4 is 10.1 Å². The zero-order valence-corrected chi connectivity index (χ0v) is 7.78. The summed E-state index contributed by atoms with van der Waals surface area (Å²) in [5.74, 6) is 0.376. The van der Waals surface area contributed by atoms with E-state index in [1.807, 2.05) is 13.0 Å². The number of carbonyl (C=O) groups is 1. The third-order valence-electron chi connectivity index (χ3n) is 1.68. The number of hydrogen-bond donors (Lipinski definition) is 1. The maximum absolute atomic E-state index is 10.2. The molecule has 0 atom stereocenters. The van der Waals surface area contributed by atoms with Gasteiger partial charge in [-0.3, -0.25) is 4.79 Å². The fourth-order valence-corrected chi connectivity index (χ4v) is 1.13. The Morgan fingerprint density at radius 3 is 3.00 bits per heavy atom. The molecule has 0 radical (unpaired) electrons. The molecule has 1 aromatic rings. The molecule has 0 bridgehead atoms. The largest absolute Gasteiger partial charge is 0.426 e. The van der Waals surface area contributed by atoms with Crippen molar-refractivity contribution in [1.29, 1.82) is 5.26 Å². The average molecular weight is 190 g/mol. The quantitative estimate of drug-likeness (QED) is 0.731. The highest BCUT2D eigenvalue weighted by atomic mass is 16.5. The van der Waals surface area contributed by atoms with Crippen LogP contribution in [0.4, 0.5) is 5.69 Å². The Labute approximate surface area is 82.1 Å². The first-order valence-corrected chi connectivity index (χ1v) is 4.20. The van der Waals surface area contributed by atoms with E-state index in [9.17, 15) is 4.79 Å². The van der Waals surface area contributed by atoms with Crippen LogP contribution in [0.1, 0.15) is 12.5 Å². The van der Waals surface area contributed by atoms with Gasteiger partial charge in [0.25, 0.3) is 6.47 Å². The molecule has 4 nitrogen and oxygen atoms in total.